The molecule has 6 nitrogen and oxygen atoms in total. The monoisotopic (exact) mass is 349 g/mol. The van der Waals surface area contributed by atoms with E-state index in [1.165, 1.54) is 22.7 Å². The molecule has 0 spiro atoms. The molecule has 4 aromatic rings. The van der Waals surface area contributed by atoms with Crippen LogP contribution >= 0.6 is 0 Å². The molecule has 0 bridgehead atoms. The number of H-pyrrole nitrogens is 1. The molecular weight excluding hydrogens is 333 g/mol. The van der Waals surface area contributed by atoms with Crippen LogP contribution < -0.4 is 10.9 Å². The summed E-state index contributed by atoms with van der Waals surface area (Å²) in [6.45, 7) is 2.35. The maximum Gasteiger partial charge on any atom is 0.274 e. The van der Waals surface area contributed by atoms with Crippen LogP contribution in [0.15, 0.2) is 59.4 Å². The van der Waals surface area contributed by atoms with E-state index < -0.39 is 0 Å². The highest BCUT2D eigenvalue weighted by atomic mass is 19.1. The normalized spacial score (nSPS) is 11.0. The Bertz CT molecular complexity index is 1110. The van der Waals surface area contributed by atoms with Crippen molar-refractivity contribution in [3.63, 3.8) is 0 Å². The Morgan fingerprint density at radius 2 is 1.81 bits per heavy atom. The van der Waals surface area contributed by atoms with Gasteiger partial charge >= 0.3 is 0 Å². The Hall–Kier alpha value is -3.48. The molecule has 130 valence electrons. The van der Waals surface area contributed by atoms with Gasteiger partial charge in [-0.05, 0) is 31.2 Å². The highest BCUT2D eigenvalue weighted by molar-refractivity contribution is 5.57. The van der Waals surface area contributed by atoms with Gasteiger partial charge in [0.1, 0.15) is 5.82 Å². The van der Waals surface area contributed by atoms with E-state index in [0.717, 1.165) is 16.8 Å². The van der Waals surface area contributed by atoms with Crippen molar-refractivity contribution in [2.24, 2.45) is 0 Å². The van der Waals surface area contributed by atoms with Crippen molar-refractivity contribution < 1.29 is 4.39 Å². The first-order valence-corrected chi connectivity index (χ1v) is 8.14. The number of aromatic nitrogens is 4. The largest absolute Gasteiger partial charge is 0.379 e. The average Bonchev–Trinajstić information content (AvgIpc) is 3.07. The zero-order valence-corrected chi connectivity index (χ0v) is 14.0. The van der Waals surface area contributed by atoms with Gasteiger partial charge in [-0.25, -0.2) is 9.37 Å². The fourth-order valence-corrected chi connectivity index (χ4v) is 2.62. The second-order valence-electron chi connectivity index (χ2n) is 6.02. The van der Waals surface area contributed by atoms with Crippen molar-refractivity contribution >= 4 is 11.5 Å². The smallest absolute Gasteiger partial charge is 0.274 e. The maximum atomic E-state index is 12.9. The number of aromatic amines is 1. The van der Waals surface area contributed by atoms with Crippen LogP contribution in [0, 0.1) is 12.7 Å². The van der Waals surface area contributed by atoms with Crippen LogP contribution in [-0.2, 0) is 6.54 Å². The van der Waals surface area contributed by atoms with Crippen molar-refractivity contribution in [3.05, 3.63) is 82.0 Å². The van der Waals surface area contributed by atoms with E-state index in [4.69, 9.17) is 0 Å². The van der Waals surface area contributed by atoms with Crippen LogP contribution in [0.1, 0.15) is 11.3 Å². The summed E-state index contributed by atoms with van der Waals surface area (Å²) in [5.74, 6) is 0.593. The number of nitrogens with one attached hydrogen (secondary N) is 2. The summed E-state index contributed by atoms with van der Waals surface area (Å²) in [5.41, 5.74) is 3.09. The Balaban J connectivity index is 1.62. The standard InChI is InChI=1S/C19H16FN5O/c1-12-2-4-13(5-3-12)18-23-19-22-16(10-17(26)25(19)24-18)11-21-15-8-6-14(20)7-9-15/h2-10,21H,11H2,1H3,(H,22,23,24). The van der Waals surface area contributed by atoms with Crippen LogP contribution in [0.4, 0.5) is 10.1 Å². The number of aryl methyl sites for hydroxylation is 1. The number of hydrogen-bond acceptors (Lipinski definition) is 4. The molecule has 0 radical (unpaired) electrons. The number of benzene rings is 2. The second kappa shape index (κ2) is 6.44. The van der Waals surface area contributed by atoms with Gasteiger partial charge in [-0.1, -0.05) is 29.8 Å². The van der Waals surface area contributed by atoms with E-state index >= 15 is 0 Å². The lowest BCUT2D eigenvalue weighted by atomic mass is 10.1. The molecule has 0 saturated heterocycles. The van der Waals surface area contributed by atoms with Gasteiger partial charge in [0, 0.05) is 17.3 Å². The number of fused-ring (bicyclic) bond motifs is 1. The first-order valence-electron chi connectivity index (χ1n) is 8.14. The minimum Gasteiger partial charge on any atom is -0.379 e. The first kappa shape index (κ1) is 16.0. The lowest BCUT2D eigenvalue weighted by Gasteiger charge is -2.05. The number of anilines is 1. The Morgan fingerprint density at radius 3 is 2.54 bits per heavy atom. The van der Waals surface area contributed by atoms with Crippen molar-refractivity contribution in [2.75, 3.05) is 5.32 Å². The second-order valence-corrected chi connectivity index (χ2v) is 6.02. The molecule has 0 unspecified atom stereocenters. The van der Waals surface area contributed by atoms with Gasteiger partial charge in [0.15, 0.2) is 5.82 Å². The van der Waals surface area contributed by atoms with Crippen LogP contribution in [0.5, 0.6) is 0 Å². The first-order chi connectivity index (χ1) is 12.6. The van der Waals surface area contributed by atoms with Crippen LogP contribution in [0.3, 0.4) is 0 Å². The van der Waals surface area contributed by atoms with Crippen LogP contribution in [0.25, 0.3) is 17.2 Å². The summed E-state index contributed by atoms with van der Waals surface area (Å²) in [4.78, 5) is 21.2. The molecule has 0 atom stereocenters. The molecule has 4 rings (SSSR count). The van der Waals surface area contributed by atoms with Gasteiger partial charge < -0.3 is 5.32 Å². The molecular formula is C19H16FN5O. The molecule has 0 aliphatic heterocycles. The number of halogens is 1. The van der Waals surface area contributed by atoms with Crippen molar-refractivity contribution in [1.29, 1.82) is 0 Å². The van der Waals surface area contributed by atoms with Gasteiger partial charge in [-0.3, -0.25) is 9.89 Å². The minimum atomic E-state index is -0.298. The third kappa shape index (κ3) is 3.19. The van der Waals surface area contributed by atoms with E-state index in [-0.39, 0.29) is 11.4 Å². The molecule has 0 saturated carbocycles. The molecule has 0 aliphatic carbocycles. The summed E-state index contributed by atoms with van der Waals surface area (Å²) in [5, 5.41) is 6.08. The van der Waals surface area contributed by atoms with Crippen molar-refractivity contribution in [1.82, 2.24) is 19.6 Å². The molecule has 0 aliphatic rings. The lowest BCUT2D eigenvalue weighted by Crippen LogP contribution is -2.17. The zero-order chi connectivity index (χ0) is 18.1. The van der Waals surface area contributed by atoms with Crippen molar-refractivity contribution in [3.8, 4) is 11.4 Å². The van der Waals surface area contributed by atoms with Crippen LogP contribution in [-0.4, -0.2) is 19.6 Å². The van der Waals surface area contributed by atoms with Gasteiger partial charge in [0.05, 0.1) is 12.2 Å². The summed E-state index contributed by atoms with van der Waals surface area (Å²) in [7, 11) is 0. The number of hydrogen-bond donors (Lipinski definition) is 2. The quantitative estimate of drug-likeness (QED) is 0.593. The Kier molecular flexibility index (Phi) is 3.96. The molecule has 2 N–H and O–H groups in total. The summed E-state index contributed by atoms with van der Waals surface area (Å²) >= 11 is 0. The molecule has 0 fully saturated rings. The highest BCUT2D eigenvalue weighted by Gasteiger charge is 2.09. The number of nitrogens with zero attached hydrogens (tertiary/aromatic N) is 3. The number of rotatable bonds is 4. The van der Waals surface area contributed by atoms with Gasteiger partial charge in [0.25, 0.3) is 11.3 Å². The zero-order valence-electron chi connectivity index (χ0n) is 14.0. The summed E-state index contributed by atoms with van der Waals surface area (Å²) < 4.78 is 14.3. The van der Waals surface area contributed by atoms with E-state index in [2.05, 4.69) is 20.4 Å². The Labute approximate surface area is 148 Å². The topological polar surface area (TPSA) is 75.1 Å². The van der Waals surface area contributed by atoms with E-state index in [1.807, 2.05) is 31.2 Å². The Morgan fingerprint density at radius 1 is 1.08 bits per heavy atom. The predicted molar refractivity (Wildman–Crippen MR) is 97.5 cm³/mol. The molecule has 2 aromatic heterocycles. The fourth-order valence-electron chi connectivity index (χ4n) is 2.62. The lowest BCUT2D eigenvalue weighted by molar-refractivity contribution is 0.628. The third-order valence-electron chi connectivity index (χ3n) is 4.03. The maximum absolute atomic E-state index is 12.9. The van der Waals surface area contributed by atoms with Gasteiger partial charge in [-0.15, -0.1) is 0 Å². The molecule has 26 heavy (non-hydrogen) atoms. The van der Waals surface area contributed by atoms with Crippen molar-refractivity contribution in [2.45, 2.75) is 13.5 Å². The SMILES string of the molecule is Cc1ccc(-c2nc3nc(CNc4ccc(F)cc4)cc(=O)n3[nH]2)cc1. The molecule has 0 amide bonds. The van der Waals surface area contributed by atoms with E-state index in [0.29, 0.717) is 23.8 Å². The van der Waals surface area contributed by atoms with E-state index in [1.54, 1.807) is 12.1 Å². The molecule has 2 heterocycles. The van der Waals surface area contributed by atoms with Crippen LogP contribution in [0.2, 0.25) is 0 Å². The third-order valence-corrected chi connectivity index (χ3v) is 4.03. The average molecular weight is 349 g/mol. The highest BCUT2D eigenvalue weighted by Crippen LogP contribution is 2.16. The summed E-state index contributed by atoms with van der Waals surface area (Å²) in [6, 6.07) is 15.3. The van der Waals surface area contributed by atoms with E-state index in [9.17, 15) is 9.18 Å². The van der Waals surface area contributed by atoms with Gasteiger partial charge in [-0.2, -0.15) is 9.50 Å². The minimum absolute atomic E-state index is 0.239. The van der Waals surface area contributed by atoms with Gasteiger partial charge in [0.2, 0.25) is 0 Å². The molecule has 2 aromatic carbocycles. The predicted octanol–water partition coefficient (Wildman–Crippen LogP) is 3.14. The fraction of sp³-hybridized carbons (Fsp3) is 0.105. The molecule has 7 heteroatoms. The summed E-state index contributed by atoms with van der Waals surface area (Å²) in [6.07, 6.45) is 0.